The number of sulfonamides is 1. The normalized spacial score (nSPS) is 17.3. The molecule has 1 saturated heterocycles. The molecule has 138 valence electrons. The van der Waals surface area contributed by atoms with Crippen LogP contribution in [0, 0.1) is 5.92 Å². The number of nitrogens with zero attached hydrogens (tertiary/aromatic N) is 2. The summed E-state index contributed by atoms with van der Waals surface area (Å²) >= 11 is 0. The monoisotopic (exact) mass is 367 g/mol. The molecule has 1 aliphatic heterocycles. The van der Waals surface area contributed by atoms with Gasteiger partial charge in [-0.1, -0.05) is 17.3 Å². The Hall–Kier alpha value is -1.48. The highest BCUT2D eigenvalue weighted by atomic mass is 32.2. The van der Waals surface area contributed by atoms with Crippen LogP contribution < -0.4 is 4.72 Å². The molecule has 1 fully saturated rings. The fourth-order valence-electron chi connectivity index (χ4n) is 3.15. The Kier molecular flexibility index (Phi) is 6.06. The van der Waals surface area contributed by atoms with Crippen molar-refractivity contribution in [1.29, 1.82) is 0 Å². The summed E-state index contributed by atoms with van der Waals surface area (Å²) in [6, 6.07) is 7.29. The Balaban J connectivity index is 1.49. The number of hydrogen-bond donors (Lipinski definition) is 1. The van der Waals surface area contributed by atoms with Crippen LogP contribution in [0.5, 0.6) is 0 Å². The average Bonchev–Trinajstić information content (AvgIpc) is 3.02. The summed E-state index contributed by atoms with van der Waals surface area (Å²) in [6.45, 7) is 4.14. The van der Waals surface area contributed by atoms with E-state index in [-0.39, 0.29) is 5.75 Å². The molecule has 0 spiro atoms. The molecule has 1 aliphatic rings. The molecular weight excluding hydrogens is 342 g/mol. The first-order valence-electron chi connectivity index (χ1n) is 8.59. The second kappa shape index (κ2) is 8.27. The zero-order valence-corrected chi connectivity index (χ0v) is 15.3. The van der Waals surface area contributed by atoms with Gasteiger partial charge in [0.25, 0.3) is 0 Å². The first kappa shape index (κ1) is 18.3. The van der Waals surface area contributed by atoms with Crippen LogP contribution in [-0.2, 0) is 20.5 Å². The minimum atomic E-state index is -3.43. The Bertz CT molecular complexity index is 782. The van der Waals surface area contributed by atoms with Gasteiger partial charge in [0.05, 0.1) is 6.61 Å². The predicted molar refractivity (Wildman–Crippen MR) is 95.7 cm³/mol. The maximum absolute atomic E-state index is 12.4. The largest absolute Gasteiger partial charge is 0.383 e. The zero-order valence-electron chi connectivity index (χ0n) is 14.5. The molecule has 0 unspecified atom stereocenters. The van der Waals surface area contributed by atoms with E-state index in [1.807, 2.05) is 18.2 Å². The summed E-state index contributed by atoms with van der Waals surface area (Å²) in [5.74, 6) is 0.221. The molecule has 1 aromatic heterocycles. The van der Waals surface area contributed by atoms with Gasteiger partial charge in [-0.15, -0.1) is 0 Å². The second-order valence-electron chi connectivity index (χ2n) is 6.51. The molecule has 0 aliphatic carbocycles. The molecule has 0 amide bonds. The maximum Gasteiger partial charge on any atom is 0.217 e. The fraction of sp³-hybridized carbons (Fsp3) is 0.588. The summed E-state index contributed by atoms with van der Waals surface area (Å²) in [5, 5.41) is 4.65. The first-order valence-corrected chi connectivity index (χ1v) is 10.2. The number of piperidine rings is 1. The Morgan fingerprint density at radius 2 is 2.08 bits per heavy atom. The molecule has 2 aromatic rings. The molecule has 3 rings (SSSR count). The molecule has 25 heavy (non-hydrogen) atoms. The number of benzene rings is 1. The van der Waals surface area contributed by atoms with Crippen molar-refractivity contribution in [2.24, 2.45) is 5.92 Å². The van der Waals surface area contributed by atoms with E-state index in [1.54, 1.807) is 13.2 Å². The minimum Gasteiger partial charge on any atom is -0.383 e. The van der Waals surface area contributed by atoms with Crippen molar-refractivity contribution >= 4 is 21.0 Å². The zero-order chi connectivity index (χ0) is 17.7. The smallest absolute Gasteiger partial charge is 0.217 e. The third-order valence-electron chi connectivity index (χ3n) is 4.69. The lowest BCUT2D eigenvalue weighted by atomic mass is 9.97. The van der Waals surface area contributed by atoms with Crippen molar-refractivity contribution in [3.8, 4) is 0 Å². The van der Waals surface area contributed by atoms with E-state index in [4.69, 9.17) is 9.26 Å². The number of ether oxygens (including phenoxy) is 1. The quantitative estimate of drug-likeness (QED) is 0.763. The summed E-state index contributed by atoms with van der Waals surface area (Å²) in [7, 11) is -1.72. The van der Waals surface area contributed by atoms with E-state index in [0.717, 1.165) is 44.5 Å². The van der Waals surface area contributed by atoms with Gasteiger partial charge in [-0.2, -0.15) is 0 Å². The molecule has 0 bridgehead atoms. The molecule has 0 atom stereocenters. The van der Waals surface area contributed by atoms with Crippen molar-refractivity contribution in [2.45, 2.75) is 18.6 Å². The second-order valence-corrected chi connectivity index (χ2v) is 8.32. The number of methoxy groups -OCH3 is 1. The van der Waals surface area contributed by atoms with Crippen LogP contribution in [0.3, 0.4) is 0 Å². The van der Waals surface area contributed by atoms with Gasteiger partial charge in [0.2, 0.25) is 10.0 Å². The number of nitrogens with one attached hydrogen (secondary N) is 1. The third-order valence-corrected chi connectivity index (χ3v) is 5.95. The third kappa shape index (κ3) is 5.01. The molecule has 1 aromatic carbocycles. The van der Waals surface area contributed by atoms with E-state index in [2.05, 4.69) is 14.8 Å². The van der Waals surface area contributed by atoms with Gasteiger partial charge in [-0.3, -0.25) is 0 Å². The molecule has 0 saturated carbocycles. The van der Waals surface area contributed by atoms with Crippen molar-refractivity contribution in [2.75, 3.05) is 39.9 Å². The number of fused-ring (bicyclic) bond motifs is 1. The highest BCUT2D eigenvalue weighted by Crippen LogP contribution is 2.20. The fourth-order valence-corrected chi connectivity index (χ4v) is 4.31. The van der Waals surface area contributed by atoms with Crippen molar-refractivity contribution in [3.63, 3.8) is 0 Å². The molecular formula is C17H25N3O4S. The van der Waals surface area contributed by atoms with Crippen LogP contribution in [0.25, 0.3) is 11.0 Å². The van der Waals surface area contributed by atoms with Crippen molar-refractivity contribution in [3.05, 3.63) is 30.0 Å². The van der Waals surface area contributed by atoms with Gasteiger partial charge in [-0.25, -0.2) is 13.1 Å². The predicted octanol–water partition coefficient (Wildman–Crippen LogP) is 1.61. The first-order chi connectivity index (χ1) is 12.1. The topological polar surface area (TPSA) is 84.7 Å². The number of hydrogen-bond acceptors (Lipinski definition) is 6. The van der Waals surface area contributed by atoms with E-state index in [9.17, 15) is 8.42 Å². The van der Waals surface area contributed by atoms with Gasteiger partial charge < -0.3 is 14.2 Å². The van der Waals surface area contributed by atoms with Gasteiger partial charge in [0, 0.05) is 25.6 Å². The molecule has 2 heterocycles. The standard InChI is InChI=1S/C17H25N3O4S/c1-23-11-10-20-8-6-14(7-9-20)12-18-25(21,22)13-16-15-4-2-3-5-17(15)24-19-16/h2-5,14,18H,6-13H2,1H3. The van der Waals surface area contributed by atoms with E-state index < -0.39 is 10.0 Å². The van der Waals surface area contributed by atoms with Crippen molar-refractivity contribution in [1.82, 2.24) is 14.8 Å². The summed E-state index contributed by atoms with van der Waals surface area (Å²) < 4.78 is 37.8. The average molecular weight is 367 g/mol. The van der Waals surface area contributed by atoms with Crippen LogP contribution in [0.15, 0.2) is 28.8 Å². The number of rotatable bonds is 8. The minimum absolute atomic E-state index is 0.156. The van der Waals surface area contributed by atoms with E-state index >= 15 is 0 Å². The highest BCUT2D eigenvalue weighted by Gasteiger charge is 2.22. The number of para-hydroxylation sites is 1. The number of likely N-dealkylation sites (tertiary alicyclic amines) is 1. The van der Waals surface area contributed by atoms with Crippen LogP contribution in [0.4, 0.5) is 0 Å². The van der Waals surface area contributed by atoms with Gasteiger partial charge in [0.15, 0.2) is 5.58 Å². The van der Waals surface area contributed by atoms with Gasteiger partial charge in [0.1, 0.15) is 11.4 Å². The summed E-state index contributed by atoms with van der Waals surface area (Å²) in [5.41, 5.74) is 1.06. The molecule has 7 nitrogen and oxygen atoms in total. The maximum atomic E-state index is 12.4. The lowest BCUT2D eigenvalue weighted by Crippen LogP contribution is -2.40. The van der Waals surface area contributed by atoms with E-state index in [0.29, 0.717) is 23.7 Å². The molecule has 8 heteroatoms. The molecule has 1 N–H and O–H groups in total. The van der Waals surface area contributed by atoms with Crippen LogP contribution >= 0.6 is 0 Å². The highest BCUT2D eigenvalue weighted by molar-refractivity contribution is 7.88. The van der Waals surface area contributed by atoms with Gasteiger partial charge in [-0.05, 0) is 44.0 Å². The van der Waals surface area contributed by atoms with Crippen molar-refractivity contribution < 1.29 is 17.7 Å². The Morgan fingerprint density at radius 1 is 1.32 bits per heavy atom. The van der Waals surface area contributed by atoms with Gasteiger partial charge >= 0.3 is 0 Å². The van der Waals surface area contributed by atoms with E-state index in [1.165, 1.54) is 0 Å². The summed E-state index contributed by atoms with van der Waals surface area (Å²) in [6.07, 6.45) is 2.00. The van der Waals surface area contributed by atoms with Crippen LogP contribution in [0.1, 0.15) is 18.5 Å². The molecule has 0 radical (unpaired) electrons. The Morgan fingerprint density at radius 3 is 2.84 bits per heavy atom. The lowest BCUT2D eigenvalue weighted by molar-refractivity contribution is 0.121. The van der Waals surface area contributed by atoms with Crippen LogP contribution in [-0.4, -0.2) is 58.4 Å². The lowest BCUT2D eigenvalue weighted by Gasteiger charge is -2.31. The SMILES string of the molecule is COCCN1CCC(CNS(=O)(=O)Cc2noc3ccccc23)CC1. The Labute approximate surface area is 148 Å². The number of aromatic nitrogens is 1. The summed E-state index contributed by atoms with van der Waals surface area (Å²) in [4.78, 5) is 2.36. The van der Waals surface area contributed by atoms with Crippen LogP contribution in [0.2, 0.25) is 0 Å².